The van der Waals surface area contributed by atoms with Crippen LogP contribution < -0.4 is 14.4 Å². The van der Waals surface area contributed by atoms with Gasteiger partial charge in [0.2, 0.25) is 5.91 Å². The van der Waals surface area contributed by atoms with Crippen molar-refractivity contribution >= 4 is 27.3 Å². The first kappa shape index (κ1) is 18.3. The smallest absolute Gasteiger partial charge is 0.262 e. The van der Waals surface area contributed by atoms with Crippen LogP contribution >= 0.6 is 0 Å². The highest BCUT2D eigenvalue weighted by molar-refractivity contribution is 7.92. The van der Waals surface area contributed by atoms with Crippen molar-refractivity contribution in [1.82, 2.24) is 0 Å². The van der Waals surface area contributed by atoms with Gasteiger partial charge in [0.15, 0.2) is 0 Å². The average molecular weight is 374 g/mol. The Hall–Kier alpha value is -2.54. The monoisotopic (exact) mass is 374 g/mol. The molecule has 138 valence electrons. The third-order valence-electron chi connectivity index (χ3n) is 4.40. The van der Waals surface area contributed by atoms with Crippen molar-refractivity contribution in [3.05, 3.63) is 47.5 Å². The molecule has 0 saturated carbocycles. The summed E-state index contributed by atoms with van der Waals surface area (Å²) < 4.78 is 33.9. The van der Waals surface area contributed by atoms with Gasteiger partial charge in [0.25, 0.3) is 10.0 Å². The van der Waals surface area contributed by atoms with Crippen molar-refractivity contribution in [3.8, 4) is 5.75 Å². The van der Waals surface area contributed by atoms with Gasteiger partial charge in [-0.2, -0.15) is 0 Å². The molecular weight excluding hydrogens is 352 g/mol. The van der Waals surface area contributed by atoms with E-state index in [1.807, 2.05) is 19.1 Å². The number of sulfonamides is 1. The summed E-state index contributed by atoms with van der Waals surface area (Å²) in [6.07, 6.45) is 0.890. The van der Waals surface area contributed by atoms with Gasteiger partial charge in [-0.15, -0.1) is 0 Å². The van der Waals surface area contributed by atoms with Crippen LogP contribution in [-0.2, 0) is 21.2 Å². The van der Waals surface area contributed by atoms with Gasteiger partial charge in [-0.3, -0.25) is 9.52 Å². The molecule has 0 saturated heterocycles. The summed E-state index contributed by atoms with van der Waals surface area (Å²) in [6, 6.07) is 10.5. The van der Waals surface area contributed by atoms with Gasteiger partial charge in [0, 0.05) is 18.7 Å². The van der Waals surface area contributed by atoms with E-state index in [0.29, 0.717) is 35.8 Å². The molecule has 0 bridgehead atoms. The van der Waals surface area contributed by atoms with Crippen LogP contribution in [-0.4, -0.2) is 27.5 Å². The Morgan fingerprint density at radius 1 is 1.23 bits per heavy atom. The zero-order valence-corrected chi connectivity index (χ0v) is 15.9. The Bertz CT molecular complexity index is 937. The van der Waals surface area contributed by atoms with Crippen LogP contribution in [0, 0.1) is 6.92 Å². The van der Waals surface area contributed by atoms with Gasteiger partial charge >= 0.3 is 0 Å². The molecule has 2 aromatic rings. The molecule has 0 atom stereocenters. The Labute approximate surface area is 153 Å². The fourth-order valence-electron chi connectivity index (χ4n) is 2.98. The maximum absolute atomic E-state index is 12.8. The molecule has 0 radical (unpaired) electrons. The topological polar surface area (TPSA) is 75.7 Å². The van der Waals surface area contributed by atoms with Crippen LogP contribution in [0.4, 0.5) is 11.4 Å². The zero-order valence-electron chi connectivity index (χ0n) is 15.1. The van der Waals surface area contributed by atoms with E-state index in [2.05, 4.69) is 4.72 Å². The highest BCUT2D eigenvalue weighted by atomic mass is 32.2. The van der Waals surface area contributed by atoms with Crippen LogP contribution in [0.15, 0.2) is 41.3 Å². The minimum absolute atomic E-state index is 0.0984. The molecule has 6 nitrogen and oxygen atoms in total. The van der Waals surface area contributed by atoms with Crippen LogP contribution in [0.3, 0.4) is 0 Å². The summed E-state index contributed by atoms with van der Waals surface area (Å²) in [5, 5.41) is 0. The summed E-state index contributed by atoms with van der Waals surface area (Å²) in [5.74, 6) is 0.303. The molecular formula is C19H22N2O4S. The quantitative estimate of drug-likeness (QED) is 0.892. The molecule has 3 rings (SSSR count). The second-order valence-corrected chi connectivity index (χ2v) is 7.91. The number of benzene rings is 2. The minimum atomic E-state index is -3.77. The first-order valence-electron chi connectivity index (χ1n) is 8.49. The highest BCUT2D eigenvalue weighted by Crippen LogP contribution is 2.36. The fourth-order valence-corrected chi connectivity index (χ4v) is 4.28. The standard InChI is InChI=1S/C19H22N2O4S/c1-4-15-5-7-16(8-6-15)20-26(23,24)19-12-18-17(11-13(19)2)21(14(3)22)9-10-25-18/h5-8,11-12,20H,4,9-10H2,1-3H3. The fraction of sp³-hybridized carbons (Fsp3) is 0.316. The lowest BCUT2D eigenvalue weighted by Gasteiger charge is -2.29. The first-order chi connectivity index (χ1) is 12.3. The van der Waals surface area contributed by atoms with E-state index >= 15 is 0 Å². The molecule has 0 fully saturated rings. The summed E-state index contributed by atoms with van der Waals surface area (Å²) in [6.45, 7) is 6.02. The molecule has 1 aliphatic heterocycles. The number of aryl methyl sites for hydroxylation is 2. The second kappa shape index (κ2) is 6.99. The molecule has 0 spiro atoms. The van der Waals surface area contributed by atoms with Gasteiger partial charge in [-0.1, -0.05) is 19.1 Å². The van der Waals surface area contributed by atoms with Crippen molar-refractivity contribution in [2.75, 3.05) is 22.8 Å². The molecule has 0 aliphatic carbocycles. The van der Waals surface area contributed by atoms with Gasteiger partial charge < -0.3 is 9.64 Å². The Kier molecular flexibility index (Phi) is 4.91. The van der Waals surface area contributed by atoms with Crippen molar-refractivity contribution < 1.29 is 17.9 Å². The van der Waals surface area contributed by atoms with E-state index in [1.165, 1.54) is 13.0 Å². The number of fused-ring (bicyclic) bond motifs is 1. The number of rotatable bonds is 4. The van der Waals surface area contributed by atoms with Gasteiger partial charge in [-0.05, 0) is 42.7 Å². The summed E-state index contributed by atoms with van der Waals surface area (Å²) in [5.41, 5.74) is 2.80. The lowest BCUT2D eigenvalue weighted by Crippen LogP contribution is -2.36. The lowest BCUT2D eigenvalue weighted by atomic mass is 10.1. The number of hydrogen-bond donors (Lipinski definition) is 1. The Morgan fingerprint density at radius 3 is 2.54 bits per heavy atom. The number of carbonyl (C=O) groups excluding carboxylic acids is 1. The number of nitrogens with one attached hydrogen (secondary N) is 1. The number of hydrogen-bond acceptors (Lipinski definition) is 4. The van der Waals surface area contributed by atoms with Crippen molar-refractivity contribution in [3.63, 3.8) is 0 Å². The normalized spacial score (nSPS) is 13.7. The maximum Gasteiger partial charge on any atom is 0.262 e. The molecule has 7 heteroatoms. The molecule has 1 heterocycles. The second-order valence-electron chi connectivity index (χ2n) is 6.26. The van der Waals surface area contributed by atoms with Crippen molar-refractivity contribution in [1.29, 1.82) is 0 Å². The highest BCUT2D eigenvalue weighted by Gasteiger charge is 2.26. The third kappa shape index (κ3) is 3.53. The first-order valence-corrected chi connectivity index (χ1v) is 9.97. The van der Waals surface area contributed by atoms with Gasteiger partial charge in [0.05, 0.1) is 17.1 Å². The molecule has 2 aromatic carbocycles. The van der Waals surface area contributed by atoms with Crippen molar-refractivity contribution in [2.45, 2.75) is 32.1 Å². The van der Waals surface area contributed by atoms with E-state index in [0.717, 1.165) is 12.0 Å². The van der Waals surface area contributed by atoms with E-state index in [1.54, 1.807) is 30.0 Å². The van der Waals surface area contributed by atoms with E-state index in [-0.39, 0.29) is 10.8 Å². The van der Waals surface area contributed by atoms with Crippen LogP contribution in [0.5, 0.6) is 5.75 Å². The van der Waals surface area contributed by atoms with Gasteiger partial charge in [-0.25, -0.2) is 8.42 Å². The van der Waals surface area contributed by atoms with Crippen LogP contribution in [0.25, 0.3) is 0 Å². The van der Waals surface area contributed by atoms with Crippen LogP contribution in [0.2, 0.25) is 0 Å². The van der Waals surface area contributed by atoms with Gasteiger partial charge in [0.1, 0.15) is 12.4 Å². The lowest BCUT2D eigenvalue weighted by molar-refractivity contribution is -0.116. The van der Waals surface area contributed by atoms with Crippen molar-refractivity contribution in [2.24, 2.45) is 0 Å². The molecule has 1 aliphatic rings. The maximum atomic E-state index is 12.8. The molecule has 0 aromatic heterocycles. The van der Waals surface area contributed by atoms with Crippen LogP contribution in [0.1, 0.15) is 25.0 Å². The number of ether oxygens (including phenoxy) is 1. The largest absolute Gasteiger partial charge is 0.489 e. The number of amides is 1. The SMILES string of the molecule is CCc1ccc(NS(=O)(=O)c2cc3c(cc2C)N(C(C)=O)CCO3)cc1. The van der Waals surface area contributed by atoms with E-state index < -0.39 is 10.0 Å². The molecule has 0 unspecified atom stereocenters. The summed E-state index contributed by atoms with van der Waals surface area (Å²) in [7, 11) is -3.77. The molecule has 1 amide bonds. The number of nitrogens with zero attached hydrogens (tertiary/aromatic N) is 1. The number of anilines is 2. The Balaban J connectivity index is 1.96. The Morgan fingerprint density at radius 2 is 1.92 bits per heavy atom. The summed E-state index contributed by atoms with van der Waals surface area (Å²) >= 11 is 0. The predicted molar refractivity (Wildman–Crippen MR) is 101 cm³/mol. The zero-order chi connectivity index (χ0) is 18.9. The number of carbonyl (C=O) groups is 1. The average Bonchev–Trinajstić information content (AvgIpc) is 2.60. The predicted octanol–water partition coefficient (Wildman–Crippen LogP) is 3.10. The molecule has 1 N–H and O–H groups in total. The van der Waals surface area contributed by atoms with E-state index in [9.17, 15) is 13.2 Å². The van der Waals surface area contributed by atoms with E-state index in [4.69, 9.17) is 4.74 Å². The third-order valence-corrected chi connectivity index (χ3v) is 5.93. The minimum Gasteiger partial charge on any atom is -0.489 e. The summed E-state index contributed by atoms with van der Waals surface area (Å²) in [4.78, 5) is 13.5. The molecule has 26 heavy (non-hydrogen) atoms.